The Morgan fingerprint density at radius 1 is 1.55 bits per heavy atom. The third kappa shape index (κ3) is 2.80. The normalized spacial score (nSPS) is 29.2. The van der Waals surface area contributed by atoms with Gasteiger partial charge in [0, 0.05) is 0 Å². The first-order valence-corrected chi connectivity index (χ1v) is 4.46. The average molecular weight is 157 g/mol. The Labute approximate surface area is 69.3 Å². The Bertz CT molecular complexity index is 123. The van der Waals surface area contributed by atoms with Crippen molar-refractivity contribution >= 4 is 0 Å². The summed E-state index contributed by atoms with van der Waals surface area (Å²) in [4.78, 5) is 0. The molecule has 0 spiro atoms. The Kier molecular flexibility index (Phi) is 2.90. The van der Waals surface area contributed by atoms with Crippen LogP contribution in [0.15, 0.2) is 0 Å². The molecule has 1 atom stereocenters. The summed E-state index contributed by atoms with van der Waals surface area (Å²) in [5.41, 5.74) is 0.137. The third-order valence-electron chi connectivity index (χ3n) is 2.27. The topological polar surface area (TPSA) is 21.3 Å². The minimum atomic E-state index is 0.137. The first kappa shape index (κ1) is 9.01. The molecule has 1 heterocycles. The van der Waals surface area contributed by atoms with Gasteiger partial charge in [-0.15, -0.1) is 0 Å². The highest BCUT2D eigenvalue weighted by molar-refractivity contribution is 4.80. The number of nitrogens with one attached hydrogen (secondary N) is 1. The zero-order valence-electron chi connectivity index (χ0n) is 7.81. The van der Waals surface area contributed by atoms with Gasteiger partial charge in [-0.05, 0) is 46.7 Å². The summed E-state index contributed by atoms with van der Waals surface area (Å²) in [6, 6.07) is 0. The van der Waals surface area contributed by atoms with E-state index < -0.39 is 0 Å². The van der Waals surface area contributed by atoms with Crippen molar-refractivity contribution in [3.8, 4) is 0 Å². The minimum absolute atomic E-state index is 0.137. The molecule has 1 unspecified atom stereocenters. The van der Waals surface area contributed by atoms with Crippen molar-refractivity contribution in [3.05, 3.63) is 0 Å². The molecule has 0 bridgehead atoms. The molecule has 2 nitrogen and oxygen atoms in total. The lowest BCUT2D eigenvalue weighted by Gasteiger charge is -2.18. The van der Waals surface area contributed by atoms with E-state index in [2.05, 4.69) is 19.2 Å². The number of ether oxygens (including phenoxy) is 1. The molecule has 0 amide bonds. The van der Waals surface area contributed by atoms with Crippen molar-refractivity contribution in [1.29, 1.82) is 0 Å². The van der Waals surface area contributed by atoms with Gasteiger partial charge in [0.25, 0.3) is 0 Å². The van der Waals surface area contributed by atoms with Crippen LogP contribution < -0.4 is 5.32 Å². The molecule has 1 aliphatic heterocycles. The van der Waals surface area contributed by atoms with E-state index >= 15 is 0 Å². The van der Waals surface area contributed by atoms with Crippen LogP contribution in [0, 0.1) is 0 Å². The van der Waals surface area contributed by atoms with Gasteiger partial charge >= 0.3 is 0 Å². The SMILES string of the molecule is CNCCC1CCC(C)(C)O1. The van der Waals surface area contributed by atoms with Crippen molar-refractivity contribution in [2.75, 3.05) is 13.6 Å². The van der Waals surface area contributed by atoms with E-state index in [0.29, 0.717) is 6.10 Å². The Hall–Kier alpha value is -0.0800. The zero-order valence-corrected chi connectivity index (χ0v) is 7.81. The van der Waals surface area contributed by atoms with Crippen LogP contribution >= 0.6 is 0 Å². The van der Waals surface area contributed by atoms with E-state index in [9.17, 15) is 0 Å². The first-order valence-electron chi connectivity index (χ1n) is 4.46. The predicted octanol–water partition coefficient (Wildman–Crippen LogP) is 1.55. The maximum atomic E-state index is 5.81. The van der Waals surface area contributed by atoms with Gasteiger partial charge in [-0.3, -0.25) is 0 Å². The van der Waals surface area contributed by atoms with Crippen molar-refractivity contribution in [3.63, 3.8) is 0 Å². The summed E-state index contributed by atoms with van der Waals surface area (Å²) in [5.74, 6) is 0. The second-order valence-corrected chi connectivity index (χ2v) is 3.93. The van der Waals surface area contributed by atoms with Crippen molar-refractivity contribution in [2.24, 2.45) is 0 Å². The summed E-state index contributed by atoms with van der Waals surface area (Å²) in [5, 5.41) is 3.14. The summed E-state index contributed by atoms with van der Waals surface area (Å²) in [7, 11) is 1.99. The van der Waals surface area contributed by atoms with E-state index in [-0.39, 0.29) is 5.60 Å². The molecule has 1 N–H and O–H groups in total. The van der Waals surface area contributed by atoms with Gasteiger partial charge in [-0.1, -0.05) is 0 Å². The van der Waals surface area contributed by atoms with Crippen LogP contribution in [0.1, 0.15) is 33.1 Å². The van der Waals surface area contributed by atoms with Crippen LogP contribution in [0.5, 0.6) is 0 Å². The van der Waals surface area contributed by atoms with Crippen LogP contribution in [0.3, 0.4) is 0 Å². The summed E-state index contributed by atoms with van der Waals surface area (Å²) >= 11 is 0. The molecule has 0 aromatic rings. The van der Waals surface area contributed by atoms with Gasteiger partial charge in [-0.25, -0.2) is 0 Å². The van der Waals surface area contributed by atoms with E-state index in [1.165, 1.54) is 12.8 Å². The van der Waals surface area contributed by atoms with E-state index in [1.807, 2.05) is 7.05 Å². The average Bonchev–Trinajstić information content (AvgIpc) is 2.26. The van der Waals surface area contributed by atoms with Gasteiger partial charge < -0.3 is 10.1 Å². The molecule has 1 rings (SSSR count). The summed E-state index contributed by atoms with van der Waals surface area (Å²) in [6.45, 7) is 5.42. The molecular weight excluding hydrogens is 138 g/mol. The smallest absolute Gasteiger partial charge is 0.0631 e. The second kappa shape index (κ2) is 3.55. The molecule has 66 valence electrons. The maximum absolute atomic E-state index is 5.81. The van der Waals surface area contributed by atoms with Gasteiger partial charge in [0.1, 0.15) is 0 Å². The lowest BCUT2D eigenvalue weighted by atomic mass is 10.0. The molecule has 0 aromatic carbocycles. The molecule has 0 radical (unpaired) electrons. The zero-order chi connectivity index (χ0) is 8.32. The fourth-order valence-corrected chi connectivity index (χ4v) is 1.59. The van der Waals surface area contributed by atoms with Gasteiger partial charge in [0.05, 0.1) is 11.7 Å². The fourth-order valence-electron chi connectivity index (χ4n) is 1.59. The van der Waals surface area contributed by atoms with Crippen LogP contribution in [0.2, 0.25) is 0 Å². The molecule has 2 heteroatoms. The summed E-state index contributed by atoms with van der Waals surface area (Å²) in [6.07, 6.45) is 4.09. The molecule has 0 aromatic heterocycles. The highest BCUT2D eigenvalue weighted by Gasteiger charge is 2.30. The Balaban J connectivity index is 2.20. The summed E-state index contributed by atoms with van der Waals surface area (Å²) < 4.78 is 5.81. The monoisotopic (exact) mass is 157 g/mol. The van der Waals surface area contributed by atoms with Crippen LogP contribution in [0.4, 0.5) is 0 Å². The first-order chi connectivity index (χ1) is 5.14. The van der Waals surface area contributed by atoms with Gasteiger partial charge in [-0.2, -0.15) is 0 Å². The van der Waals surface area contributed by atoms with Gasteiger partial charge in [0.2, 0.25) is 0 Å². The fraction of sp³-hybridized carbons (Fsp3) is 1.00. The quantitative estimate of drug-likeness (QED) is 0.671. The molecule has 0 saturated carbocycles. The Morgan fingerprint density at radius 2 is 2.27 bits per heavy atom. The molecule has 1 saturated heterocycles. The van der Waals surface area contributed by atoms with Crippen molar-refractivity contribution in [2.45, 2.75) is 44.8 Å². The van der Waals surface area contributed by atoms with E-state index in [4.69, 9.17) is 4.74 Å². The lowest BCUT2D eigenvalue weighted by molar-refractivity contribution is -0.0177. The predicted molar refractivity (Wildman–Crippen MR) is 46.7 cm³/mol. The second-order valence-electron chi connectivity index (χ2n) is 3.93. The van der Waals surface area contributed by atoms with Crippen LogP contribution in [-0.2, 0) is 4.74 Å². The van der Waals surface area contributed by atoms with E-state index in [1.54, 1.807) is 0 Å². The lowest BCUT2D eigenvalue weighted by Crippen LogP contribution is -2.22. The minimum Gasteiger partial charge on any atom is -0.372 e. The van der Waals surface area contributed by atoms with Crippen molar-refractivity contribution < 1.29 is 4.74 Å². The largest absolute Gasteiger partial charge is 0.372 e. The number of hydrogen-bond acceptors (Lipinski definition) is 2. The molecule has 11 heavy (non-hydrogen) atoms. The van der Waals surface area contributed by atoms with Crippen molar-refractivity contribution in [1.82, 2.24) is 5.32 Å². The highest BCUT2D eigenvalue weighted by Crippen LogP contribution is 2.30. The number of rotatable bonds is 3. The Morgan fingerprint density at radius 3 is 2.73 bits per heavy atom. The highest BCUT2D eigenvalue weighted by atomic mass is 16.5. The molecule has 1 fully saturated rings. The molecule has 0 aliphatic carbocycles. The third-order valence-corrected chi connectivity index (χ3v) is 2.27. The molecule has 1 aliphatic rings. The standard InChI is InChI=1S/C9H19NO/c1-9(2)6-4-8(11-9)5-7-10-3/h8,10H,4-7H2,1-3H3. The van der Waals surface area contributed by atoms with Gasteiger partial charge in [0.15, 0.2) is 0 Å². The van der Waals surface area contributed by atoms with E-state index in [0.717, 1.165) is 13.0 Å². The number of hydrogen-bond donors (Lipinski definition) is 1. The van der Waals surface area contributed by atoms with Crippen LogP contribution in [-0.4, -0.2) is 25.3 Å². The van der Waals surface area contributed by atoms with Crippen LogP contribution in [0.25, 0.3) is 0 Å². The molecular formula is C9H19NO. The maximum Gasteiger partial charge on any atom is 0.0631 e.